The van der Waals surface area contributed by atoms with Gasteiger partial charge in [-0.05, 0) is 33.9 Å². The average molecular weight is 265 g/mol. The first-order chi connectivity index (χ1) is 8.70. The van der Waals surface area contributed by atoms with E-state index in [1.165, 1.54) is 0 Å². The fourth-order valence-corrected chi connectivity index (χ4v) is 2.46. The lowest BCUT2D eigenvalue weighted by atomic mass is 10.0. The number of aliphatic hydroxyl groups is 2. The molecule has 0 bridgehead atoms. The topological polar surface area (TPSA) is 59.8 Å². The van der Waals surface area contributed by atoms with Gasteiger partial charge in [-0.3, -0.25) is 4.90 Å². The van der Waals surface area contributed by atoms with E-state index in [4.69, 9.17) is 0 Å². The Labute approximate surface area is 114 Å². The van der Waals surface area contributed by atoms with E-state index in [-0.39, 0.29) is 0 Å². The van der Waals surface area contributed by atoms with E-state index in [2.05, 4.69) is 9.88 Å². The Morgan fingerprint density at radius 1 is 1.32 bits per heavy atom. The molecule has 2 N–H and O–H groups in total. The molecule has 0 spiro atoms. The summed E-state index contributed by atoms with van der Waals surface area (Å²) in [7, 11) is 2.00. The van der Waals surface area contributed by atoms with Crippen molar-refractivity contribution in [3.05, 3.63) is 23.9 Å². The molecule has 1 atom stereocenters. The van der Waals surface area contributed by atoms with Crippen LogP contribution in [-0.2, 0) is 5.60 Å². The molecule has 1 saturated heterocycles. The van der Waals surface area contributed by atoms with Gasteiger partial charge < -0.3 is 15.1 Å². The Morgan fingerprint density at radius 3 is 2.47 bits per heavy atom. The van der Waals surface area contributed by atoms with E-state index >= 15 is 0 Å². The molecule has 0 aliphatic carbocycles. The van der Waals surface area contributed by atoms with Gasteiger partial charge in [0.1, 0.15) is 11.5 Å². The number of hydrogen-bond acceptors (Lipinski definition) is 5. The summed E-state index contributed by atoms with van der Waals surface area (Å²) >= 11 is 0. The van der Waals surface area contributed by atoms with Crippen molar-refractivity contribution in [3.63, 3.8) is 0 Å². The molecule has 2 rings (SSSR count). The number of pyridine rings is 1. The number of piperazine rings is 1. The third-order valence-electron chi connectivity index (χ3n) is 3.59. The van der Waals surface area contributed by atoms with E-state index in [1.807, 2.05) is 24.1 Å². The Balaban J connectivity index is 2.23. The molecular weight excluding hydrogens is 242 g/mol. The van der Waals surface area contributed by atoms with Crippen molar-refractivity contribution >= 4 is 5.82 Å². The smallest absolute Gasteiger partial charge is 0.149 e. The third-order valence-corrected chi connectivity index (χ3v) is 3.59. The Bertz CT molecular complexity index is 437. The van der Waals surface area contributed by atoms with Gasteiger partial charge in [0.25, 0.3) is 0 Å². The molecule has 0 aromatic carbocycles. The number of anilines is 1. The number of likely N-dealkylation sites (N-methyl/N-ethyl adjacent to an activating group) is 1. The largest absolute Gasteiger partial charge is 0.386 e. The minimum atomic E-state index is -0.920. The summed E-state index contributed by atoms with van der Waals surface area (Å²) in [6, 6.07) is 3.71. The maximum absolute atomic E-state index is 10.5. The standard InChI is InChI=1S/C14H23N3O2/c1-13(2,18)11-5-6-12(15-9-11)17-8-7-16(4)10-14(17,3)19/h5-6,9,18-19H,7-8,10H2,1-4H3. The molecule has 19 heavy (non-hydrogen) atoms. The van der Waals surface area contributed by atoms with Crippen molar-refractivity contribution in [1.29, 1.82) is 0 Å². The third kappa shape index (κ3) is 3.05. The Kier molecular flexibility index (Phi) is 3.55. The van der Waals surface area contributed by atoms with Gasteiger partial charge in [0.15, 0.2) is 0 Å². The lowest BCUT2D eigenvalue weighted by Gasteiger charge is -2.45. The van der Waals surface area contributed by atoms with Crippen molar-refractivity contribution in [2.24, 2.45) is 0 Å². The van der Waals surface area contributed by atoms with E-state index < -0.39 is 11.3 Å². The van der Waals surface area contributed by atoms with E-state index in [1.54, 1.807) is 27.0 Å². The first kappa shape index (κ1) is 14.2. The second-order valence-electron chi connectivity index (χ2n) is 6.07. The fraction of sp³-hybridized carbons (Fsp3) is 0.643. The van der Waals surface area contributed by atoms with Crippen molar-refractivity contribution in [3.8, 4) is 0 Å². The van der Waals surface area contributed by atoms with Gasteiger partial charge in [0, 0.05) is 31.4 Å². The van der Waals surface area contributed by atoms with Crippen LogP contribution in [0.4, 0.5) is 5.82 Å². The van der Waals surface area contributed by atoms with Gasteiger partial charge in [-0.2, -0.15) is 0 Å². The number of hydrogen-bond donors (Lipinski definition) is 2. The highest BCUT2D eigenvalue weighted by molar-refractivity contribution is 5.43. The molecule has 106 valence electrons. The Morgan fingerprint density at radius 2 is 2.00 bits per heavy atom. The van der Waals surface area contributed by atoms with Gasteiger partial charge >= 0.3 is 0 Å². The molecule has 0 amide bonds. The number of aromatic nitrogens is 1. The highest BCUT2D eigenvalue weighted by Gasteiger charge is 2.35. The molecular formula is C14H23N3O2. The quantitative estimate of drug-likeness (QED) is 0.827. The monoisotopic (exact) mass is 265 g/mol. The minimum Gasteiger partial charge on any atom is -0.386 e. The lowest BCUT2D eigenvalue weighted by Crippen LogP contribution is -2.60. The SMILES string of the molecule is CN1CCN(c2ccc(C(C)(C)O)cn2)C(C)(O)C1. The van der Waals surface area contributed by atoms with Crippen LogP contribution >= 0.6 is 0 Å². The van der Waals surface area contributed by atoms with Crippen LogP contribution in [0.3, 0.4) is 0 Å². The van der Waals surface area contributed by atoms with Crippen LogP contribution in [0.1, 0.15) is 26.3 Å². The molecule has 1 aliphatic heterocycles. The van der Waals surface area contributed by atoms with Gasteiger partial charge in [0.05, 0.1) is 5.60 Å². The van der Waals surface area contributed by atoms with Gasteiger partial charge in [-0.15, -0.1) is 0 Å². The summed E-state index contributed by atoms with van der Waals surface area (Å²) in [6.07, 6.45) is 1.67. The zero-order chi connectivity index (χ0) is 14.3. The van der Waals surface area contributed by atoms with Crippen LogP contribution in [0.2, 0.25) is 0 Å². The van der Waals surface area contributed by atoms with Crippen molar-refractivity contribution in [2.75, 3.05) is 31.6 Å². The second-order valence-corrected chi connectivity index (χ2v) is 6.07. The molecule has 1 fully saturated rings. The van der Waals surface area contributed by atoms with Crippen LogP contribution < -0.4 is 4.90 Å². The normalized spacial score (nSPS) is 25.7. The van der Waals surface area contributed by atoms with Crippen LogP contribution in [0.5, 0.6) is 0 Å². The second kappa shape index (κ2) is 4.74. The van der Waals surface area contributed by atoms with Crippen molar-refractivity contribution in [1.82, 2.24) is 9.88 Å². The lowest BCUT2D eigenvalue weighted by molar-refractivity contribution is 0.00252. The number of nitrogens with zero attached hydrogens (tertiary/aromatic N) is 3. The number of rotatable bonds is 2. The maximum Gasteiger partial charge on any atom is 0.149 e. The summed E-state index contributed by atoms with van der Waals surface area (Å²) < 4.78 is 0. The van der Waals surface area contributed by atoms with Gasteiger partial charge in [0.2, 0.25) is 0 Å². The average Bonchev–Trinajstić information content (AvgIpc) is 2.26. The van der Waals surface area contributed by atoms with E-state index in [0.717, 1.165) is 24.5 Å². The highest BCUT2D eigenvalue weighted by atomic mass is 16.3. The van der Waals surface area contributed by atoms with Crippen LogP contribution in [-0.4, -0.2) is 52.5 Å². The first-order valence-corrected chi connectivity index (χ1v) is 6.58. The molecule has 1 unspecified atom stereocenters. The fourth-order valence-electron chi connectivity index (χ4n) is 2.46. The summed E-state index contributed by atoms with van der Waals surface area (Å²) in [5.74, 6) is 0.742. The van der Waals surface area contributed by atoms with E-state index in [0.29, 0.717) is 6.54 Å². The van der Waals surface area contributed by atoms with Gasteiger partial charge in [-0.1, -0.05) is 6.07 Å². The molecule has 1 aliphatic rings. The minimum absolute atomic E-state index is 0.585. The molecule has 1 aromatic heterocycles. The first-order valence-electron chi connectivity index (χ1n) is 6.58. The zero-order valence-electron chi connectivity index (χ0n) is 12.1. The molecule has 1 aromatic rings. The summed E-state index contributed by atoms with van der Waals surface area (Å²) in [5, 5.41) is 20.4. The highest BCUT2D eigenvalue weighted by Crippen LogP contribution is 2.26. The van der Waals surface area contributed by atoms with Crippen LogP contribution in [0.25, 0.3) is 0 Å². The zero-order valence-corrected chi connectivity index (χ0v) is 12.1. The van der Waals surface area contributed by atoms with Crippen molar-refractivity contribution in [2.45, 2.75) is 32.1 Å². The predicted molar refractivity (Wildman–Crippen MR) is 74.9 cm³/mol. The molecule has 0 radical (unpaired) electrons. The molecule has 2 heterocycles. The molecule has 5 heteroatoms. The predicted octanol–water partition coefficient (Wildman–Crippen LogP) is 0.769. The van der Waals surface area contributed by atoms with Crippen LogP contribution in [0.15, 0.2) is 18.3 Å². The van der Waals surface area contributed by atoms with Gasteiger partial charge in [-0.25, -0.2) is 4.98 Å². The molecule has 5 nitrogen and oxygen atoms in total. The molecule has 0 saturated carbocycles. The Hall–Kier alpha value is -1.17. The summed E-state index contributed by atoms with van der Waals surface area (Å²) in [4.78, 5) is 8.38. The summed E-state index contributed by atoms with van der Waals surface area (Å²) in [5.41, 5.74) is -1.04. The van der Waals surface area contributed by atoms with Crippen molar-refractivity contribution < 1.29 is 10.2 Å². The van der Waals surface area contributed by atoms with E-state index in [9.17, 15) is 10.2 Å². The van der Waals surface area contributed by atoms with Crippen LogP contribution in [0, 0.1) is 0 Å². The summed E-state index contributed by atoms with van der Waals surface area (Å²) in [6.45, 7) is 7.48. The maximum atomic E-state index is 10.5. The number of β-amino-alcohol motifs (C(OH)–C–C–N with tert-alkyl or cyclic N) is 1.